The summed E-state index contributed by atoms with van der Waals surface area (Å²) in [6.07, 6.45) is 1.92. The van der Waals surface area contributed by atoms with E-state index in [1.165, 1.54) is 0 Å². The molecule has 1 atom stereocenters. The summed E-state index contributed by atoms with van der Waals surface area (Å²) in [6, 6.07) is 0.323. The quantitative estimate of drug-likeness (QED) is 0.929. The van der Waals surface area contributed by atoms with Crippen molar-refractivity contribution in [1.82, 2.24) is 19.9 Å². The molecule has 0 amide bonds. The van der Waals surface area contributed by atoms with Crippen molar-refractivity contribution in [2.75, 3.05) is 6.54 Å². The maximum absolute atomic E-state index is 5.74. The molecule has 0 radical (unpaired) electrons. The third-order valence-electron chi connectivity index (χ3n) is 3.31. The lowest BCUT2D eigenvalue weighted by Gasteiger charge is -2.23. The minimum atomic E-state index is 0.323. The van der Waals surface area contributed by atoms with Crippen LogP contribution in [-0.2, 0) is 24.5 Å². The molecule has 6 heteroatoms. The first-order valence-electron chi connectivity index (χ1n) is 6.50. The maximum Gasteiger partial charge on any atom is 0.125 e. The average molecular weight is 278 g/mol. The molecule has 3 heterocycles. The van der Waals surface area contributed by atoms with Crippen molar-refractivity contribution < 1.29 is 4.74 Å². The fourth-order valence-corrected chi connectivity index (χ4v) is 2.96. The Morgan fingerprint density at radius 2 is 2.42 bits per heavy atom. The molecule has 0 fully saturated rings. The van der Waals surface area contributed by atoms with E-state index in [4.69, 9.17) is 4.74 Å². The second-order valence-electron chi connectivity index (χ2n) is 4.79. The number of nitrogens with zero attached hydrogens (tertiary/aromatic N) is 3. The molecule has 0 aliphatic carbocycles. The van der Waals surface area contributed by atoms with Gasteiger partial charge in [0, 0.05) is 18.5 Å². The minimum Gasteiger partial charge on any atom is -0.369 e. The van der Waals surface area contributed by atoms with Crippen LogP contribution in [0.1, 0.15) is 35.2 Å². The number of thiazole rings is 1. The summed E-state index contributed by atoms with van der Waals surface area (Å²) < 4.78 is 8.00. The summed E-state index contributed by atoms with van der Waals surface area (Å²) >= 11 is 1.66. The fourth-order valence-electron chi connectivity index (χ4n) is 2.36. The zero-order valence-electron chi connectivity index (χ0n) is 11.2. The number of aryl methyl sites for hydroxylation is 1. The monoisotopic (exact) mass is 278 g/mol. The third-order valence-corrected chi connectivity index (χ3v) is 4.13. The highest BCUT2D eigenvalue weighted by molar-refractivity contribution is 7.09. The van der Waals surface area contributed by atoms with Crippen LogP contribution in [-0.4, -0.2) is 21.1 Å². The van der Waals surface area contributed by atoms with Crippen LogP contribution >= 0.6 is 11.3 Å². The second-order valence-corrected chi connectivity index (χ2v) is 5.85. The molecular weight excluding hydrogens is 260 g/mol. The summed E-state index contributed by atoms with van der Waals surface area (Å²) in [6.45, 7) is 7.27. The molecule has 2 aromatic rings. The Kier molecular flexibility index (Phi) is 3.63. The molecule has 2 aromatic heterocycles. The van der Waals surface area contributed by atoms with E-state index in [1.807, 2.05) is 18.5 Å². The van der Waals surface area contributed by atoms with Gasteiger partial charge in [-0.2, -0.15) is 0 Å². The molecule has 0 spiro atoms. The largest absolute Gasteiger partial charge is 0.369 e. The van der Waals surface area contributed by atoms with Crippen LogP contribution in [0.25, 0.3) is 0 Å². The van der Waals surface area contributed by atoms with Crippen molar-refractivity contribution in [3.05, 3.63) is 33.8 Å². The van der Waals surface area contributed by atoms with Crippen molar-refractivity contribution in [3.63, 3.8) is 0 Å². The summed E-state index contributed by atoms with van der Waals surface area (Å²) in [4.78, 5) is 8.86. The van der Waals surface area contributed by atoms with Gasteiger partial charge in [-0.05, 0) is 13.8 Å². The second kappa shape index (κ2) is 5.40. The van der Waals surface area contributed by atoms with Crippen molar-refractivity contribution in [2.45, 2.75) is 39.6 Å². The van der Waals surface area contributed by atoms with E-state index in [-0.39, 0.29) is 0 Å². The molecule has 102 valence electrons. The van der Waals surface area contributed by atoms with Crippen molar-refractivity contribution in [3.8, 4) is 0 Å². The molecule has 5 nitrogen and oxygen atoms in total. The van der Waals surface area contributed by atoms with Gasteiger partial charge in [0.1, 0.15) is 5.82 Å². The predicted molar refractivity (Wildman–Crippen MR) is 74.0 cm³/mol. The molecule has 1 N–H and O–H groups in total. The highest BCUT2D eigenvalue weighted by atomic mass is 32.1. The first-order valence-corrected chi connectivity index (χ1v) is 7.38. The van der Waals surface area contributed by atoms with Crippen LogP contribution < -0.4 is 5.32 Å². The summed E-state index contributed by atoms with van der Waals surface area (Å²) in [5.74, 6) is 1.11. The van der Waals surface area contributed by atoms with Gasteiger partial charge < -0.3 is 14.6 Å². The van der Waals surface area contributed by atoms with Gasteiger partial charge in [0.15, 0.2) is 0 Å². The molecule has 1 aliphatic rings. The predicted octanol–water partition coefficient (Wildman–Crippen LogP) is 2.03. The molecule has 1 unspecified atom stereocenters. The molecule has 0 saturated heterocycles. The number of ether oxygens (including phenoxy) is 1. The van der Waals surface area contributed by atoms with Crippen molar-refractivity contribution >= 4 is 11.3 Å². The van der Waals surface area contributed by atoms with Crippen LogP contribution in [0.3, 0.4) is 0 Å². The van der Waals surface area contributed by atoms with Crippen LogP contribution in [0.15, 0.2) is 11.6 Å². The lowest BCUT2D eigenvalue weighted by molar-refractivity contribution is 0.0992. The molecule has 3 rings (SSSR count). The Morgan fingerprint density at radius 1 is 1.53 bits per heavy atom. The lowest BCUT2D eigenvalue weighted by Crippen LogP contribution is -2.32. The Morgan fingerprint density at radius 3 is 3.21 bits per heavy atom. The number of nitrogens with one attached hydrogen (secondary N) is 1. The first-order chi connectivity index (χ1) is 9.24. The van der Waals surface area contributed by atoms with E-state index in [1.54, 1.807) is 11.3 Å². The minimum absolute atomic E-state index is 0.323. The summed E-state index contributed by atoms with van der Waals surface area (Å²) in [5.41, 5.74) is 2.16. The van der Waals surface area contributed by atoms with Gasteiger partial charge in [-0.1, -0.05) is 0 Å². The number of rotatable bonds is 4. The summed E-state index contributed by atoms with van der Waals surface area (Å²) in [7, 11) is 0. The van der Waals surface area contributed by atoms with E-state index in [0.717, 1.165) is 35.3 Å². The topological polar surface area (TPSA) is 52.0 Å². The van der Waals surface area contributed by atoms with Gasteiger partial charge in [-0.25, -0.2) is 9.97 Å². The summed E-state index contributed by atoms with van der Waals surface area (Å²) in [5, 5.41) is 6.54. The van der Waals surface area contributed by atoms with E-state index in [0.29, 0.717) is 19.3 Å². The van der Waals surface area contributed by atoms with Gasteiger partial charge >= 0.3 is 0 Å². The van der Waals surface area contributed by atoms with Crippen molar-refractivity contribution in [2.24, 2.45) is 0 Å². The molecule has 0 aromatic carbocycles. The first kappa shape index (κ1) is 12.8. The lowest BCUT2D eigenvalue weighted by atomic mass is 10.2. The fraction of sp³-hybridized carbons (Fsp3) is 0.538. The van der Waals surface area contributed by atoms with E-state index >= 15 is 0 Å². The Labute approximate surface area is 116 Å². The van der Waals surface area contributed by atoms with Gasteiger partial charge in [0.2, 0.25) is 0 Å². The standard InChI is InChI=1S/C13H18N4OS/c1-9-13-15-5-12(17(13)4-3-14-9)7-18-6-11-8-19-10(2)16-11/h5,8-9,14H,3-4,6-7H2,1-2H3. The SMILES string of the molecule is Cc1nc(COCc2cnc3n2CCNC3C)cs1. The Balaban J connectivity index is 1.61. The van der Waals surface area contributed by atoms with Gasteiger partial charge in [-0.15, -0.1) is 11.3 Å². The Bertz CT molecular complexity index is 563. The zero-order valence-corrected chi connectivity index (χ0v) is 12.0. The number of imidazole rings is 1. The van der Waals surface area contributed by atoms with Crippen LogP contribution in [0.4, 0.5) is 0 Å². The highest BCUT2D eigenvalue weighted by Gasteiger charge is 2.19. The number of hydrogen-bond acceptors (Lipinski definition) is 5. The smallest absolute Gasteiger partial charge is 0.125 e. The number of aromatic nitrogens is 3. The van der Waals surface area contributed by atoms with Gasteiger partial charge in [0.05, 0.1) is 41.8 Å². The van der Waals surface area contributed by atoms with Gasteiger partial charge in [0.25, 0.3) is 0 Å². The number of fused-ring (bicyclic) bond motifs is 1. The third kappa shape index (κ3) is 2.70. The van der Waals surface area contributed by atoms with E-state index in [9.17, 15) is 0 Å². The van der Waals surface area contributed by atoms with E-state index in [2.05, 4.69) is 26.8 Å². The van der Waals surface area contributed by atoms with Gasteiger partial charge in [-0.3, -0.25) is 0 Å². The zero-order chi connectivity index (χ0) is 13.2. The highest BCUT2D eigenvalue weighted by Crippen LogP contribution is 2.18. The molecule has 0 saturated carbocycles. The van der Waals surface area contributed by atoms with Crippen molar-refractivity contribution in [1.29, 1.82) is 0 Å². The molecule has 0 bridgehead atoms. The molecular formula is C13H18N4OS. The maximum atomic E-state index is 5.74. The average Bonchev–Trinajstić information content (AvgIpc) is 2.98. The van der Waals surface area contributed by atoms with Crippen LogP contribution in [0, 0.1) is 6.92 Å². The van der Waals surface area contributed by atoms with E-state index < -0.39 is 0 Å². The van der Waals surface area contributed by atoms with Crippen LogP contribution in [0.5, 0.6) is 0 Å². The number of hydrogen-bond donors (Lipinski definition) is 1. The molecule has 19 heavy (non-hydrogen) atoms. The Hall–Kier alpha value is -1.24. The molecule has 1 aliphatic heterocycles. The normalized spacial score (nSPS) is 18.5. The van der Waals surface area contributed by atoms with Crippen LogP contribution in [0.2, 0.25) is 0 Å².